The molecule has 3 rings (SSSR count). The summed E-state index contributed by atoms with van der Waals surface area (Å²) < 4.78 is 7.32. The number of nitrogens with two attached hydrogens (primary N) is 1. The molecule has 0 spiro atoms. The number of fused-ring (bicyclic) bond motifs is 1. The second-order valence-electron chi connectivity index (χ2n) is 6.15. The largest absolute Gasteiger partial charge is 0.351 e. The number of hydrogen-bond acceptors (Lipinski definition) is 4. The fraction of sp³-hybridized carbons (Fsp3) is 0.571. The van der Waals surface area contributed by atoms with Gasteiger partial charge in [-0.05, 0) is 29.9 Å². The number of hydrogen-bond donors (Lipinski definition) is 1. The molecular weight excluding hydrogens is 240 g/mol. The summed E-state index contributed by atoms with van der Waals surface area (Å²) >= 11 is 0. The Hall–Kier alpha value is -1.62. The van der Waals surface area contributed by atoms with Crippen molar-refractivity contribution in [2.75, 3.05) is 0 Å². The molecule has 0 saturated carbocycles. The first-order chi connectivity index (χ1) is 9.05. The van der Waals surface area contributed by atoms with Gasteiger partial charge in [-0.15, -0.1) is 0 Å². The summed E-state index contributed by atoms with van der Waals surface area (Å²) in [5.41, 5.74) is 9.20. The third-order valence-corrected chi connectivity index (χ3v) is 3.91. The molecule has 1 aliphatic carbocycles. The first-order valence-corrected chi connectivity index (χ1v) is 6.74. The molecule has 0 aliphatic heterocycles. The lowest BCUT2D eigenvalue weighted by atomic mass is 9.74. The molecule has 0 radical (unpaired) electrons. The predicted molar refractivity (Wildman–Crippen MR) is 71.5 cm³/mol. The van der Waals surface area contributed by atoms with Crippen LogP contribution in [-0.2, 0) is 19.4 Å². The Morgan fingerprint density at radius 3 is 3.11 bits per heavy atom. The van der Waals surface area contributed by atoms with Crippen molar-refractivity contribution < 1.29 is 4.52 Å². The van der Waals surface area contributed by atoms with Crippen LogP contribution in [0, 0.1) is 5.41 Å². The zero-order valence-corrected chi connectivity index (χ0v) is 11.5. The maximum absolute atomic E-state index is 6.27. The van der Waals surface area contributed by atoms with E-state index in [0.717, 1.165) is 25.8 Å². The molecule has 0 amide bonds. The first kappa shape index (κ1) is 12.4. The number of aromatic nitrogens is 3. The van der Waals surface area contributed by atoms with Crippen LogP contribution in [0.5, 0.6) is 0 Å². The first-order valence-electron chi connectivity index (χ1n) is 6.74. The van der Waals surface area contributed by atoms with Crippen LogP contribution in [0.1, 0.15) is 43.5 Å². The van der Waals surface area contributed by atoms with E-state index in [9.17, 15) is 0 Å². The zero-order valence-electron chi connectivity index (χ0n) is 11.5. The van der Waals surface area contributed by atoms with Crippen LogP contribution >= 0.6 is 0 Å². The molecule has 1 atom stereocenters. The molecule has 0 aromatic carbocycles. The smallest absolute Gasteiger partial charge is 0.228 e. The highest BCUT2D eigenvalue weighted by atomic mass is 16.5. The van der Waals surface area contributed by atoms with Crippen molar-refractivity contribution in [3.63, 3.8) is 0 Å². The molecular formula is C14H20N4O. The molecule has 5 nitrogen and oxygen atoms in total. The van der Waals surface area contributed by atoms with Gasteiger partial charge in [-0.25, -0.2) is 0 Å². The monoisotopic (exact) mass is 260 g/mol. The average molecular weight is 260 g/mol. The Labute approximate surface area is 112 Å². The molecule has 0 saturated heterocycles. The highest BCUT2D eigenvalue weighted by Gasteiger charge is 2.32. The molecule has 0 fully saturated rings. The number of rotatable bonds is 3. The lowest BCUT2D eigenvalue weighted by molar-refractivity contribution is 0.274. The molecule has 2 N–H and O–H groups in total. The highest BCUT2D eigenvalue weighted by molar-refractivity contribution is 5.30. The minimum absolute atomic E-state index is 0.156. The number of aryl methyl sites for hydroxylation is 2. The van der Waals surface area contributed by atoms with E-state index in [4.69, 9.17) is 10.3 Å². The fourth-order valence-electron chi connectivity index (χ4n) is 3.03. The second kappa shape index (κ2) is 4.49. The maximum atomic E-state index is 6.27. The summed E-state index contributed by atoms with van der Waals surface area (Å²) in [5.74, 6) is 0.682. The average Bonchev–Trinajstić information content (AvgIpc) is 2.93. The van der Waals surface area contributed by atoms with Gasteiger partial charge in [-0.3, -0.25) is 0 Å². The van der Waals surface area contributed by atoms with Crippen LogP contribution in [0.4, 0.5) is 0 Å². The quantitative estimate of drug-likeness (QED) is 0.917. The van der Waals surface area contributed by atoms with Gasteiger partial charge in [-0.2, -0.15) is 4.98 Å². The van der Waals surface area contributed by atoms with Crippen molar-refractivity contribution in [2.45, 2.75) is 45.7 Å². The molecule has 102 valence electrons. The molecule has 2 heterocycles. The Morgan fingerprint density at radius 1 is 1.53 bits per heavy atom. The van der Waals surface area contributed by atoms with Gasteiger partial charge in [0, 0.05) is 30.9 Å². The summed E-state index contributed by atoms with van der Waals surface area (Å²) in [5, 5.41) is 3.63. The van der Waals surface area contributed by atoms with E-state index in [1.807, 2.05) is 0 Å². The Morgan fingerprint density at radius 2 is 2.37 bits per heavy atom. The van der Waals surface area contributed by atoms with Crippen LogP contribution in [0.3, 0.4) is 0 Å². The van der Waals surface area contributed by atoms with Gasteiger partial charge in [0.1, 0.15) is 0 Å². The minimum atomic E-state index is 0.156. The molecule has 1 unspecified atom stereocenters. The molecule has 19 heavy (non-hydrogen) atoms. The molecule has 2 aromatic rings. The van der Waals surface area contributed by atoms with Crippen molar-refractivity contribution in [3.05, 3.63) is 35.7 Å². The second-order valence-corrected chi connectivity index (χ2v) is 6.15. The topological polar surface area (TPSA) is 69.9 Å². The number of nitrogens with zero attached hydrogens (tertiary/aromatic N) is 3. The van der Waals surface area contributed by atoms with Gasteiger partial charge < -0.3 is 14.8 Å². The van der Waals surface area contributed by atoms with E-state index in [0.29, 0.717) is 5.89 Å². The SMILES string of the molecule is CC1(C)Cc2c(ccn2CCc2ncno2)C(N)C1. The molecule has 5 heteroatoms. The van der Waals surface area contributed by atoms with Crippen LogP contribution in [0.25, 0.3) is 0 Å². The van der Waals surface area contributed by atoms with E-state index in [1.165, 1.54) is 17.6 Å². The minimum Gasteiger partial charge on any atom is -0.351 e. The molecule has 0 bridgehead atoms. The van der Waals surface area contributed by atoms with Gasteiger partial charge >= 0.3 is 0 Å². The standard InChI is InChI=1S/C14H20N4O/c1-14(2)7-11(15)10-3-5-18(12(10)8-14)6-4-13-16-9-17-19-13/h3,5,9,11H,4,6-8,15H2,1-2H3. The summed E-state index contributed by atoms with van der Waals surface area (Å²) in [4.78, 5) is 4.06. The van der Waals surface area contributed by atoms with Crippen LogP contribution in [0.15, 0.2) is 23.1 Å². The summed E-state index contributed by atoms with van der Waals surface area (Å²) in [6.07, 6.45) is 6.46. The van der Waals surface area contributed by atoms with Crippen molar-refractivity contribution in [1.29, 1.82) is 0 Å². The third-order valence-electron chi connectivity index (χ3n) is 3.91. The molecule has 1 aliphatic rings. The summed E-state index contributed by atoms with van der Waals surface area (Å²) in [7, 11) is 0. The van der Waals surface area contributed by atoms with Crippen LogP contribution in [0.2, 0.25) is 0 Å². The van der Waals surface area contributed by atoms with E-state index in [2.05, 4.69) is 40.8 Å². The fourth-order valence-corrected chi connectivity index (χ4v) is 3.03. The highest BCUT2D eigenvalue weighted by Crippen LogP contribution is 2.39. The zero-order chi connectivity index (χ0) is 13.5. The van der Waals surface area contributed by atoms with Crippen molar-refractivity contribution >= 4 is 0 Å². The Kier molecular flexibility index (Phi) is 2.93. The molecule has 2 aromatic heterocycles. The van der Waals surface area contributed by atoms with Gasteiger partial charge in [0.15, 0.2) is 6.33 Å². The van der Waals surface area contributed by atoms with Crippen LogP contribution in [-0.4, -0.2) is 14.7 Å². The summed E-state index contributed by atoms with van der Waals surface area (Å²) in [6, 6.07) is 2.31. The Bertz CT molecular complexity index is 556. The van der Waals surface area contributed by atoms with Gasteiger partial charge in [-0.1, -0.05) is 19.0 Å². The maximum Gasteiger partial charge on any atom is 0.228 e. The van der Waals surface area contributed by atoms with E-state index >= 15 is 0 Å². The van der Waals surface area contributed by atoms with Gasteiger partial charge in [0.05, 0.1) is 0 Å². The van der Waals surface area contributed by atoms with Crippen molar-refractivity contribution in [3.8, 4) is 0 Å². The van der Waals surface area contributed by atoms with Crippen molar-refractivity contribution in [2.24, 2.45) is 11.1 Å². The van der Waals surface area contributed by atoms with Crippen molar-refractivity contribution in [1.82, 2.24) is 14.7 Å². The normalized spacial score (nSPS) is 21.3. The third kappa shape index (κ3) is 2.42. The van der Waals surface area contributed by atoms with Gasteiger partial charge in [0.25, 0.3) is 0 Å². The predicted octanol–water partition coefficient (Wildman–Crippen LogP) is 2.09. The van der Waals surface area contributed by atoms with E-state index in [-0.39, 0.29) is 11.5 Å². The Balaban J connectivity index is 1.80. The summed E-state index contributed by atoms with van der Waals surface area (Å²) in [6.45, 7) is 5.43. The lowest BCUT2D eigenvalue weighted by Gasteiger charge is -2.34. The van der Waals surface area contributed by atoms with E-state index < -0.39 is 0 Å². The van der Waals surface area contributed by atoms with E-state index in [1.54, 1.807) is 0 Å². The lowest BCUT2D eigenvalue weighted by Crippen LogP contribution is -2.30. The van der Waals surface area contributed by atoms with Gasteiger partial charge in [0.2, 0.25) is 5.89 Å². The van der Waals surface area contributed by atoms with Crippen LogP contribution < -0.4 is 5.73 Å².